The second kappa shape index (κ2) is 15.3. The molecular formula is C26H42N6O9. The first-order valence-electron chi connectivity index (χ1n) is 13.9. The number of nitrogens with one attached hydrogen (secondary N) is 5. The number of rotatable bonds is 14. The summed E-state index contributed by atoms with van der Waals surface area (Å²) in [6.07, 6.45) is 1.51. The molecule has 2 aliphatic heterocycles. The molecule has 5 amide bonds. The maximum absolute atomic E-state index is 13.4. The molecule has 0 aromatic heterocycles. The van der Waals surface area contributed by atoms with Crippen LogP contribution >= 0.6 is 0 Å². The lowest BCUT2D eigenvalue weighted by molar-refractivity contribution is -0.146. The topological polar surface area (TPSA) is 223 Å². The summed E-state index contributed by atoms with van der Waals surface area (Å²) in [4.78, 5) is 88.1. The highest BCUT2D eigenvalue weighted by Crippen LogP contribution is 2.20. The van der Waals surface area contributed by atoms with Gasteiger partial charge in [0.2, 0.25) is 29.5 Å². The first kappa shape index (κ1) is 33.5. The van der Waals surface area contributed by atoms with E-state index in [-0.39, 0.29) is 31.3 Å². The van der Waals surface area contributed by atoms with E-state index in [1.165, 1.54) is 18.7 Å². The number of hydrogen-bond acceptors (Lipinski definition) is 8. The number of likely N-dealkylation sites (tertiary alicyclic amines) is 1. The summed E-state index contributed by atoms with van der Waals surface area (Å²) in [5, 5.41) is 31.6. The number of hydrogen-bond donors (Lipinski definition) is 7. The van der Waals surface area contributed by atoms with Crippen LogP contribution in [0.3, 0.4) is 0 Å². The Bertz CT molecular complexity index is 1010. The van der Waals surface area contributed by atoms with Gasteiger partial charge in [-0.25, -0.2) is 4.79 Å². The first-order valence-corrected chi connectivity index (χ1v) is 13.9. The molecule has 230 valence electrons. The molecule has 0 radical (unpaired) electrons. The molecule has 0 aromatic rings. The highest BCUT2D eigenvalue weighted by atomic mass is 16.4. The average Bonchev–Trinajstić information content (AvgIpc) is 3.61. The molecule has 2 fully saturated rings. The van der Waals surface area contributed by atoms with E-state index in [0.717, 1.165) is 6.42 Å². The smallest absolute Gasteiger partial charge is 0.326 e. The van der Waals surface area contributed by atoms with Gasteiger partial charge in [-0.15, -0.1) is 0 Å². The maximum Gasteiger partial charge on any atom is 0.326 e. The molecule has 41 heavy (non-hydrogen) atoms. The van der Waals surface area contributed by atoms with Gasteiger partial charge in [-0.2, -0.15) is 0 Å². The van der Waals surface area contributed by atoms with Crippen molar-refractivity contribution in [1.82, 2.24) is 31.5 Å². The van der Waals surface area contributed by atoms with E-state index < -0.39 is 78.1 Å². The van der Waals surface area contributed by atoms with Crippen molar-refractivity contribution in [3.05, 3.63) is 0 Å². The standard InChI is InChI=1S/C26H42N6O9/c1-13(2)20(26(40)41)31-24(38)18-8-6-12-32(18)25(39)17(9-10-19(33)34)30-22(36)15(4)28-21(35)14(3)29-23(37)16-7-5-11-27-16/h13-18,20,27H,5-12H2,1-4H3,(H,28,35)(H,29,37)(H,30,36)(H,31,38)(H,33,34)(H,40,41)/t14-,15-,16-,17-,18-,20-/m0/s1. The molecule has 15 nitrogen and oxygen atoms in total. The summed E-state index contributed by atoms with van der Waals surface area (Å²) >= 11 is 0. The molecule has 2 heterocycles. The number of aliphatic carboxylic acids is 2. The molecule has 6 atom stereocenters. The van der Waals surface area contributed by atoms with E-state index in [9.17, 15) is 43.8 Å². The minimum Gasteiger partial charge on any atom is -0.481 e. The summed E-state index contributed by atoms with van der Waals surface area (Å²) < 4.78 is 0. The Morgan fingerprint density at radius 3 is 2.02 bits per heavy atom. The van der Waals surface area contributed by atoms with Gasteiger partial charge in [-0.05, 0) is 58.4 Å². The third-order valence-electron chi connectivity index (χ3n) is 7.21. The zero-order valence-corrected chi connectivity index (χ0v) is 23.9. The van der Waals surface area contributed by atoms with Crippen molar-refractivity contribution in [2.45, 2.75) is 102 Å². The number of carbonyl (C=O) groups excluding carboxylic acids is 5. The predicted molar refractivity (Wildman–Crippen MR) is 144 cm³/mol. The van der Waals surface area contributed by atoms with Crippen LogP contribution in [-0.4, -0.2) is 106 Å². The highest BCUT2D eigenvalue weighted by molar-refractivity contribution is 5.96. The van der Waals surface area contributed by atoms with Gasteiger partial charge in [-0.3, -0.25) is 28.8 Å². The number of carboxylic acid groups (broad SMARTS) is 2. The molecule has 0 unspecified atom stereocenters. The van der Waals surface area contributed by atoms with Crippen molar-refractivity contribution >= 4 is 41.5 Å². The van der Waals surface area contributed by atoms with Gasteiger partial charge in [-0.1, -0.05) is 13.8 Å². The number of carboxylic acids is 2. The summed E-state index contributed by atoms with van der Waals surface area (Å²) in [5.74, 6) is -5.86. The molecule has 0 aromatic carbocycles. The van der Waals surface area contributed by atoms with E-state index in [1.54, 1.807) is 13.8 Å². The van der Waals surface area contributed by atoms with Crippen LogP contribution in [0.2, 0.25) is 0 Å². The Morgan fingerprint density at radius 1 is 0.829 bits per heavy atom. The fraction of sp³-hybridized carbons (Fsp3) is 0.731. The Hall–Kier alpha value is -3.75. The molecule has 0 aliphatic carbocycles. The molecule has 7 N–H and O–H groups in total. The van der Waals surface area contributed by atoms with Crippen molar-refractivity contribution in [3.8, 4) is 0 Å². The highest BCUT2D eigenvalue weighted by Gasteiger charge is 2.39. The minimum atomic E-state index is -1.31. The SMILES string of the molecule is CC(C)[C@H](NC(=O)[C@@H]1CCCN1C(=O)[C@H](CCC(=O)O)NC(=O)[C@H](C)NC(=O)[C@H](C)NC(=O)[C@@H]1CCCN1)C(=O)O. The average molecular weight is 583 g/mol. The molecule has 2 aliphatic rings. The van der Waals surface area contributed by atoms with Crippen LogP contribution in [0.5, 0.6) is 0 Å². The second-order valence-corrected chi connectivity index (χ2v) is 10.9. The first-order chi connectivity index (χ1) is 19.2. The lowest BCUT2D eigenvalue weighted by Gasteiger charge is -2.30. The van der Waals surface area contributed by atoms with Gasteiger partial charge in [0.1, 0.15) is 30.2 Å². The number of carbonyl (C=O) groups is 7. The van der Waals surface area contributed by atoms with Gasteiger partial charge in [0.15, 0.2) is 0 Å². The summed E-state index contributed by atoms with van der Waals surface area (Å²) in [5.41, 5.74) is 0. The quantitative estimate of drug-likeness (QED) is 0.123. The van der Waals surface area contributed by atoms with Crippen LogP contribution in [0.25, 0.3) is 0 Å². The van der Waals surface area contributed by atoms with Gasteiger partial charge in [0.25, 0.3) is 0 Å². The van der Waals surface area contributed by atoms with Crippen LogP contribution < -0.4 is 26.6 Å². The lowest BCUT2D eigenvalue weighted by atomic mass is 10.0. The van der Waals surface area contributed by atoms with E-state index in [2.05, 4.69) is 26.6 Å². The van der Waals surface area contributed by atoms with Gasteiger partial charge in [0.05, 0.1) is 6.04 Å². The lowest BCUT2D eigenvalue weighted by Crippen LogP contribution is -2.58. The predicted octanol–water partition coefficient (Wildman–Crippen LogP) is -1.69. The minimum absolute atomic E-state index is 0.162. The molecule has 0 bridgehead atoms. The molecule has 2 saturated heterocycles. The molecule has 0 spiro atoms. The van der Waals surface area contributed by atoms with Crippen molar-refractivity contribution in [1.29, 1.82) is 0 Å². The van der Waals surface area contributed by atoms with Crippen LogP contribution in [0.1, 0.15) is 66.2 Å². The van der Waals surface area contributed by atoms with Crippen LogP contribution in [-0.2, 0) is 33.6 Å². The fourth-order valence-corrected chi connectivity index (χ4v) is 4.78. The molecule has 15 heteroatoms. The van der Waals surface area contributed by atoms with E-state index in [4.69, 9.17) is 0 Å². The second-order valence-electron chi connectivity index (χ2n) is 10.9. The Balaban J connectivity index is 2.05. The molecule has 2 rings (SSSR count). The zero-order valence-electron chi connectivity index (χ0n) is 23.9. The van der Waals surface area contributed by atoms with Gasteiger partial charge >= 0.3 is 11.9 Å². The van der Waals surface area contributed by atoms with Crippen molar-refractivity contribution < 1.29 is 43.8 Å². The van der Waals surface area contributed by atoms with Gasteiger partial charge < -0.3 is 41.7 Å². The Morgan fingerprint density at radius 2 is 1.46 bits per heavy atom. The van der Waals surface area contributed by atoms with Crippen LogP contribution in [0, 0.1) is 5.92 Å². The number of amides is 5. The number of nitrogens with zero attached hydrogens (tertiary/aromatic N) is 1. The third-order valence-corrected chi connectivity index (χ3v) is 7.21. The molecular weight excluding hydrogens is 540 g/mol. The van der Waals surface area contributed by atoms with E-state index >= 15 is 0 Å². The Kier molecular flexibility index (Phi) is 12.5. The molecule has 0 saturated carbocycles. The third kappa shape index (κ3) is 9.69. The van der Waals surface area contributed by atoms with Crippen LogP contribution in [0.4, 0.5) is 0 Å². The summed E-state index contributed by atoms with van der Waals surface area (Å²) in [6, 6.07) is -5.90. The monoisotopic (exact) mass is 582 g/mol. The van der Waals surface area contributed by atoms with E-state index in [1.807, 2.05) is 0 Å². The zero-order chi connectivity index (χ0) is 30.9. The largest absolute Gasteiger partial charge is 0.481 e. The van der Waals surface area contributed by atoms with E-state index in [0.29, 0.717) is 19.4 Å². The normalized spacial score (nSPS) is 21.3. The van der Waals surface area contributed by atoms with Crippen LogP contribution in [0.15, 0.2) is 0 Å². The van der Waals surface area contributed by atoms with Crippen molar-refractivity contribution in [2.75, 3.05) is 13.1 Å². The summed E-state index contributed by atoms with van der Waals surface area (Å²) in [7, 11) is 0. The maximum atomic E-state index is 13.4. The van der Waals surface area contributed by atoms with Crippen molar-refractivity contribution in [2.24, 2.45) is 5.92 Å². The summed E-state index contributed by atoms with van der Waals surface area (Å²) in [6.45, 7) is 6.99. The fourth-order valence-electron chi connectivity index (χ4n) is 4.78. The van der Waals surface area contributed by atoms with Gasteiger partial charge in [0, 0.05) is 13.0 Å². The van der Waals surface area contributed by atoms with Crippen molar-refractivity contribution in [3.63, 3.8) is 0 Å². The Labute approximate surface area is 238 Å².